The third kappa shape index (κ3) is 4.81. The Hall–Kier alpha value is -1.73. The summed E-state index contributed by atoms with van der Waals surface area (Å²) in [6, 6.07) is 13.8. The summed E-state index contributed by atoms with van der Waals surface area (Å²) in [7, 11) is 1.65. The van der Waals surface area contributed by atoms with Gasteiger partial charge >= 0.3 is 0 Å². The lowest BCUT2D eigenvalue weighted by Crippen LogP contribution is -2.39. The molecule has 1 aliphatic heterocycles. The van der Waals surface area contributed by atoms with E-state index >= 15 is 0 Å². The van der Waals surface area contributed by atoms with Gasteiger partial charge in [-0.15, -0.1) is 11.8 Å². The summed E-state index contributed by atoms with van der Waals surface area (Å²) in [6.45, 7) is 2.58. The molecule has 0 saturated carbocycles. The Morgan fingerprint density at radius 2 is 1.86 bits per heavy atom. The minimum atomic E-state index is -0.862. The molecule has 0 spiro atoms. The van der Waals surface area contributed by atoms with E-state index in [1.807, 2.05) is 49.4 Å². The molecule has 6 heteroatoms. The molecule has 1 aliphatic rings. The summed E-state index contributed by atoms with van der Waals surface area (Å²) in [5, 5.41) is 29.8. The van der Waals surface area contributed by atoms with E-state index in [1.54, 1.807) is 7.11 Å². The van der Waals surface area contributed by atoms with Crippen molar-refractivity contribution in [2.45, 2.75) is 42.5 Å². The van der Waals surface area contributed by atoms with Crippen LogP contribution >= 0.6 is 11.8 Å². The zero-order chi connectivity index (χ0) is 20.1. The molecular formula is C22H28O5S. The van der Waals surface area contributed by atoms with Gasteiger partial charge in [0.05, 0.1) is 37.8 Å². The Balaban J connectivity index is 1.85. The van der Waals surface area contributed by atoms with Gasteiger partial charge in [-0.2, -0.15) is 0 Å². The van der Waals surface area contributed by atoms with E-state index in [2.05, 4.69) is 0 Å². The summed E-state index contributed by atoms with van der Waals surface area (Å²) >= 11 is 1.51. The maximum atomic E-state index is 10.5. The van der Waals surface area contributed by atoms with Gasteiger partial charge in [0.15, 0.2) is 0 Å². The van der Waals surface area contributed by atoms with Crippen molar-refractivity contribution in [3.05, 3.63) is 59.2 Å². The van der Waals surface area contributed by atoms with Crippen molar-refractivity contribution < 1.29 is 24.8 Å². The van der Waals surface area contributed by atoms with E-state index in [4.69, 9.17) is 9.47 Å². The lowest BCUT2D eigenvalue weighted by atomic mass is 9.95. The van der Waals surface area contributed by atoms with Crippen LogP contribution in [0.4, 0.5) is 0 Å². The SMILES string of the molecule is CCOc1ccc(Cc2cc([C@@H]3S[C@H](CO)C[C@H](O)[C@H]3O)ccc2OC)cc1. The zero-order valence-electron chi connectivity index (χ0n) is 16.2. The molecule has 152 valence electrons. The maximum absolute atomic E-state index is 10.5. The highest BCUT2D eigenvalue weighted by atomic mass is 32.2. The topological polar surface area (TPSA) is 79.2 Å². The van der Waals surface area contributed by atoms with Crippen molar-refractivity contribution in [2.75, 3.05) is 20.3 Å². The van der Waals surface area contributed by atoms with Crippen molar-refractivity contribution >= 4 is 11.8 Å². The molecule has 0 bridgehead atoms. The molecule has 3 N–H and O–H groups in total. The third-order valence-electron chi connectivity index (χ3n) is 5.01. The molecule has 1 fully saturated rings. The Labute approximate surface area is 170 Å². The average molecular weight is 405 g/mol. The van der Waals surface area contributed by atoms with Crippen molar-refractivity contribution in [1.82, 2.24) is 0 Å². The fourth-order valence-corrected chi connectivity index (χ4v) is 5.01. The fourth-order valence-electron chi connectivity index (χ4n) is 3.55. The van der Waals surface area contributed by atoms with E-state index in [0.29, 0.717) is 19.4 Å². The van der Waals surface area contributed by atoms with E-state index in [-0.39, 0.29) is 17.1 Å². The highest BCUT2D eigenvalue weighted by Crippen LogP contribution is 2.43. The summed E-state index contributed by atoms with van der Waals surface area (Å²) in [5.74, 6) is 1.63. The minimum Gasteiger partial charge on any atom is -0.496 e. The Kier molecular flexibility index (Phi) is 7.24. The van der Waals surface area contributed by atoms with Crippen molar-refractivity contribution in [3.63, 3.8) is 0 Å². The van der Waals surface area contributed by atoms with Gasteiger partial charge in [0.25, 0.3) is 0 Å². The van der Waals surface area contributed by atoms with Gasteiger partial charge in [-0.3, -0.25) is 0 Å². The van der Waals surface area contributed by atoms with Crippen LogP contribution in [-0.2, 0) is 6.42 Å². The molecule has 0 amide bonds. The highest BCUT2D eigenvalue weighted by molar-refractivity contribution is 8.00. The van der Waals surface area contributed by atoms with Crippen LogP contribution in [-0.4, -0.2) is 53.1 Å². The number of rotatable bonds is 7. The van der Waals surface area contributed by atoms with Crippen LogP contribution in [0.3, 0.4) is 0 Å². The van der Waals surface area contributed by atoms with E-state index in [9.17, 15) is 15.3 Å². The highest BCUT2D eigenvalue weighted by Gasteiger charge is 2.37. The number of ether oxygens (including phenoxy) is 2. The number of methoxy groups -OCH3 is 1. The molecule has 0 aromatic heterocycles. The van der Waals surface area contributed by atoms with Crippen LogP contribution in [0, 0.1) is 0 Å². The second-order valence-electron chi connectivity index (χ2n) is 6.98. The predicted molar refractivity (Wildman–Crippen MR) is 111 cm³/mol. The summed E-state index contributed by atoms with van der Waals surface area (Å²) < 4.78 is 11.0. The lowest BCUT2D eigenvalue weighted by Gasteiger charge is -2.36. The first kappa shape index (κ1) is 21.0. The molecule has 0 unspecified atom stereocenters. The number of benzene rings is 2. The molecule has 28 heavy (non-hydrogen) atoms. The van der Waals surface area contributed by atoms with Crippen LogP contribution in [0.25, 0.3) is 0 Å². The lowest BCUT2D eigenvalue weighted by molar-refractivity contribution is 0.00525. The van der Waals surface area contributed by atoms with Gasteiger partial charge in [0.1, 0.15) is 11.5 Å². The smallest absolute Gasteiger partial charge is 0.122 e. The van der Waals surface area contributed by atoms with Crippen LogP contribution < -0.4 is 9.47 Å². The largest absolute Gasteiger partial charge is 0.496 e. The Morgan fingerprint density at radius 3 is 2.50 bits per heavy atom. The molecule has 5 nitrogen and oxygen atoms in total. The minimum absolute atomic E-state index is 0.0138. The van der Waals surface area contributed by atoms with Crippen LogP contribution in [0.1, 0.15) is 35.3 Å². The van der Waals surface area contributed by atoms with Crippen molar-refractivity contribution in [3.8, 4) is 11.5 Å². The third-order valence-corrected chi connectivity index (χ3v) is 6.58. The van der Waals surface area contributed by atoms with E-state index < -0.39 is 12.2 Å². The first-order valence-corrected chi connectivity index (χ1v) is 10.5. The first-order valence-electron chi connectivity index (χ1n) is 9.56. The molecule has 3 rings (SSSR count). The van der Waals surface area contributed by atoms with Crippen LogP contribution in [0.15, 0.2) is 42.5 Å². The monoisotopic (exact) mass is 404 g/mol. The zero-order valence-corrected chi connectivity index (χ0v) is 17.1. The number of thioether (sulfide) groups is 1. The van der Waals surface area contributed by atoms with Crippen molar-refractivity contribution in [2.24, 2.45) is 0 Å². The number of aliphatic hydroxyl groups is 3. The predicted octanol–water partition coefficient (Wildman–Crippen LogP) is 2.95. The normalized spacial score (nSPS) is 24.8. The summed E-state index contributed by atoms with van der Waals surface area (Å²) in [4.78, 5) is 0. The fraction of sp³-hybridized carbons (Fsp3) is 0.455. The second kappa shape index (κ2) is 9.65. The van der Waals surface area contributed by atoms with Gasteiger partial charge in [-0.25, -0.2) is 0 Å². The molecule has 1 heterocycles. The quantitative estimate of drug-likeness (QED) is 0.659. The maximum Gasteiger partial charge on any atom is 0.122 e. The van der Waals surface area contributed by atoms with Gasteiger partial charge in [0.2, 0.25) is 0 Å². The van der Waals surface area contributed by atoms with Gasteiger partial charge in [-0.1, -0.05) is 24.3 Å². The molecule has 4 atom stereocenters. The molecular weight excluding hydrogens is 376 g/mol. The Morgan fingerprint density at radius 1 is 1.11 bits per heavy atom. The standard InChI is InChI=1S/C22H28O5S/c1-3-27-17-7-4-14(5-8-17)10-16-11-15(6-9-20(16)26-2)22-21(25)19(24)12-18(13-23)28-22/h4-9,11,18-19,21-25H,3,10,12-13H2,1-2H3/t18-,19-,21+,22-/m0/s1. The molecule has 0 aliphatic carbocycles. The molecule has 2 aromatic rings. The van der Waals surface area contributed by atoms with Gasteiger partial charge in [-0.05, 0) is 48.2 Å². The average Bonchev–Trinajstić information content (AvgIpc) is 2.71. The Bertz CT molecular complexity index is 764. The number of hydrogen-bond donors (Lipinski definition) is 3. The van der Waals surface area contributed by atoms with Crippen LogP contribution in [0.5, 0.6) is 11.5 Å². The molecule has 0 radical (unpaired) electrons. The number of aliphatic hydroxyl groups excluding tert-OH is 3. The molecule has 2 aromatic carbocycles. The van der Waals surface area contributed by atoms with E-state index in [0.717, 1.165) is 28.2 Å². The molecule has 1 saturated heterocycles. The van der Waals surface area contributed by atoms with Gasteiger partial charge in [0, 0.05) is 11.7 Å². The van der Waals surface area contributed by atoms with Crippen molar-refractivity contribution in [1.29, 1.82) is 0 Å². The van der Waals surface area contributed by atoms with Gasteiger partial charge < -0.3 is 24.8 Å². The number of hydrogen-bond acceptors (Lipinski definition) is 6. The van der Waals surface area contributed by atoms with E-state index in [1.165, 1.54) is 11.8 Å². The second-order valence-corrected chi connectivity index (χ2v) is 8.43. The first-order chi connectivity index (χ1) is 13.5. The van der Waals surface area contributed by atoms with Crippen LogP contribution in [0.2, 0.25) is 0 Å². The summed E-state index contributed by atoms with van der Waals surface area (Å²) in [5.41, 5.74) is 3.07. The summed E-state index contributed by atoms with van der Waals surface area (Å²) in [6.07, 6.45) is -0.615.